The maximum Gasteiger partial charge on any atom is 0.271 e. The molecule has 0 saturated carbocycles. The molecule has 0 atom stereocenters. The largest absolute Gasteiger partial charge is 0.351 e. The summed E-state index contributed by atoms with van der Waals surface area (Å²) in [7, 11) is 1.86. The molecule has 102 valence electrons. The summed E-state index contributed by atoms with van der Waals surface area (Å²) in [4.78, 5) is 13.1. The molecule has 5 heteroatoms. The maximum atomic E-state index is 12.0. The first-order chi connectivity index (χ1) is 9.08. The molecule has 0 bridgehead atoms. The van der Waals surface area contributed by atoms with Gasteiger partial charge in [-0.15, -0.1) is 11.3 Å². The minimum atomic E-state index is -0.0981. The zero-order valence-corrected chi connectivity index (χ0v) is 12.3. The highest BCUT2D eigenvalue weighted by Gasteiger charge is 2.14. The van der Waals surface area contributed by atoms with E-state index in [4.69, 9.17) is 0 Å². The number of thiophene rings is 1. The summed E-state index contributed by atoms with van der Waals surface area (Å²) in [5, 5.41) is 9.20. The number of amides is 1. The van der Waals surface area contributed by atoms with Crippen LogP contribution in [0, 0.1) is 5.92 Å². The summed E-state index contributed by atoms with van der Waals surface area (Å²) in [5.74, 6) is 0.491. The molecule has 2 heterocycles. The van der Waals surface area contributed by atoms with Crippen LogP contribution in [0.1, 0.15) is 30.8 Å². The van der Waals surface area contributed by atoms with Gasteiger partial charge >= 0.3 is 0 Å². The Morgan fingerprint density at radius 3 is 2.95 bits per heavy atom. The molecule has 0 aliphatic heterocycles. The van der Waals surface area contributed by atoms with E-state index >= 15 is 0 Å². The van der Waals surface area contributed by atoms with Crippen LogP contribution in [-0.4, -0.2) is 22.2 Å². The molecule has 0 aromatic carbocycles. The first kappa shape index (κ1) is 13.8. The van der Waals surface area contributed by atoms with Crippen molar-refractivity contribution in [3.8, 4) is 10.6 Å². The smallest absolute Gasteiger partial charge is 0.271 e. The van der Waals surface area contributed by atoms with Crippen molar-refractivity contribution in [3.63, 3.8) is 0 Å². The third-order valence-corrected chi connectivity index (χ3v) is 3.79. The quantitative estimate of drug-likeness (QED) is 0.913. The molecule has 0 spiro atoms. The Morgan fingerprint density at radius 2 is 2.32 bits per heavy atom. The predicted octanol–water partition coefficient (Wildman–Crippen LogP) is 2.92. The van der Waals surface area contributed by atoms with Crippen LogP contribution in [0.4, 0.5) is 0 Å². The second-order valence-corrected chi connectivity index (χ2v) is 5.90. The van der Waals surface area contributed by atoms with Crippen LogP contribution in [0.2, 0.25) is 0 Å². The lowest BCUT2D eigenvalue weighted by molar-refractivity contribution is 0.0946. The van der Waals surface area contributed by atoms with Gasteiger partial charge in [-0.3, -0.25) is 9.48 Å². The van der Waals surface area contributed by atoms with E-state index in [2.05, 4.69) is 24.3 Å². The molecule has 0 unspecified atom stereocenters. The summed E-state index contributed by atoms with van der Waals surface area (Å²) in [6.07, 6.45) is 0.982. The molecule has 0 aliphatic carbocycles. The first-order valence-corrected chi connectivity index (χ1v) is 7.32. The number of nitrogens with zero attached hydrogens (tertiary/aromatic N) is 2. The monoisotopic (exact) mass is 277 g/mol. The Morgan fingerprint density at radius 1 is 1.53 bits per heavy atom. The average molecular weight is 277 g/mol. The molecule has 1 amide bonds. The summed E-state index contributed by atoms with van der Waals surface area (Å²) in [6.45, 7) is 4.98. The molecule has 0 saturated heterocycles. The molecule has 2 aromatic heterocycles. The molecular weight excluding hydrogens is 258 g/mol. The standard InChI is InChI=1S/C14H19N3OS/c1-10(2)6-7-15-14(18)11-9-12(17(3)16-11)13-5-4-8-19-13/h4-5,8-10H,6-7H2,1-3H3,(H,15,18). The van der Waals surface area contributed by atoms with Crippen LogP contribution in [0.5, 0.6) is 0 Å². The van der Waals surface area contributed by atoms with Crippen LogP contribution >= 0.6 is 11.3 Å². The van der Waals surface area contributed by atoms with Crippen molar-refractivity contribution in [1.82, 2.24) is 15.1 Å². The Kier molecular flexibility index (Phi) is 4.37. The summed E-state index contributed by atoms with van der Waals surface area (Å²) < 4.78 is 1.75. The summed E-state index contributed by atoms with van der Waals surface area (Å²) >= 11 is 1.64. The van der Waals surface area contributed by atoms with Crippen LogP contribution < -0.4 is 5.32 Å². The van der Waals surface area contributed by atoms with E-state index < -0.39 is 0 Å². The van der Waals surface area contributed by atoms with Gasteiger partial charge in [0.1, 0.15) is 0 Å². The van der Waals surface area contributed by atoms with E-state index in [1.54, 1.807) is 16.0 Å². The van der Waals surface area contributed by atoms with Crippen molar-refractivity contribution in [1.29, 1.82) is 0 Å². The van der Waals surface area contributed by atoms with Crippen molar-refractivity contribution in [2.75, 3.05) is 6.54 Å². The zero-order valence-electron chi connectivity index (χ0n) is 11.5. The van der Waals surface area contributed by atoms with Crippen LogP contribution in [0.3, 0.4) is 0 Å². The number of nitrogens with one attached hydrogen (secondary N) is 1. The number of carbonyl (C=O) groups is 1. The molecule has 4 nitrogen and oxygen atoms in total. The van der Waals surface area contributed by atoms with Gasteiger partial charge in [-0.1, -0.05) is 19.9 Å². The molecule has 0 radical (unpaired) electrons. The lowest BCUT2D eigenvalue weighted by Gasteiger charge is -2.05. The number of hydrogen-bond donors (Lipinski definition) is 1. The minimum absolute atomic E-state index is 0.0981. The Balaban J connectivity index is 2.05. The molecule has 1 N–H and O–H groups in total. The van der Waals surface area contributed by atoms with Gasteiger partial charge in [0.25, 0.3) is 5.91 Å². The normalized spacial score (nSPS) is 10.9. The Bertz CT molecular complexity index is 543. The molecule has 2 rings (SSSR count). The minimum Gasteiger partial charge on any atom is -0.351 e. The molecule has 2 aromatic rings. The van der Waals surface area contributed by atoms with Gasteiger partial charge in [0, 0.05) is 13.6 Å². The number of rotatable bonds is 5. The lowest BCUT2D eigenvalue weighted by Crippen LogP contribution is -2.25. The highest BCUT2D eigenvalue weighted by molar-refractivity contribution is 7.13. The van der Waals surface area contributed by atoms with Crippen LogP contribution in [0.25, 0.3) is 10.6 Å². The van der Waals surface area contributed by atoms with Gasteiger partial charge in [-0.05, 0) is 29.9 Å². The van der Waals surface area contributed by atoms with Crippen molar-refractivity contribution in [2.24, 2.45) is 13.0 Å². The van der Waals surface area contributed by atoms with Gasteiger partial charge in [-0.25, -0.2) is 0 Å². The topological polar surface area (TPSA) is 46.9 Å². The highest BCUT2D eigenvalue weighted by Crippen LogP contribution is 2.24. The van der Waals surface area contributed by atoms with Gasteiger partial charge in [0.2, 0.25) is 0 Å². The Labute approximate surface area is 117 Å². The van der Waals surface area contributed by atoms with E-state index in [1.165, 1.54) is 0 Å². The molecular formula is C14H19N3OS. The zero-order chi connectivity index (χ0) is 13.8. The number of hydrogen-bond acceptors (Lipinski definition) is 3. The molecule has 19 heavy (non-hydrogen) atoms. The highest BCUT2D eigenvalue weighted by atomic mass is 32.1. The maximum absolute atomic E-state index is 12.0. The van der Waals surface area contributed by atoms with E-state index in [-0.39, 0.29) is 5.91 Å². The fourth-order valence-corrected chi connectivity index (χ4v) is 2.57. The van der Waals surface area contributed by atoms with E-state index in [9.17, 15) is 4.79 Å². The lowest BCUT2D eigenvalue weighted by atomic mass is 10.1. The second kappa shape index (κ2) is 6.02. The third-order valence-electron chi connectivity index (χ3n) is 2.89. The van der Waals surface area contributed by atoms with Crippen molar-refractivity contribution in [2.45, 2.75) is 20.3 Å². The van der Waals surface area contributed by atoms with Crippen LogP contribution in [0.15, 0.2) is 23.6 Å². The Hall–Kier alpha value is -1.62. The van der Waals surface area contributed by atoms with Crippen molar-refractivity contribution >= 4 is 17.2 Å². The van der Waals surface area contributed by atoms with Gasteiger partial charge < -0.3 is 5.32 Å². The predicted molar refractivity (Wildman–Crippen MR) is 78.3 cm³/mol. The van der Waals surface area contributed by atoms with Gasteiger partial charge in [-0.2, -0.15) is 5.10 Å². The number of aromatic nitrogens is 2. The number of carbonyl (C=O) groups excluding carboxylic acids is 1. The number of aryl methyl sites for hydroxylation is 1. The van der Waals surface area contributed by atoms with Crippen molar-refractivity contribution < 1.29 is 4.79 Å². The first-order valence-electron chi connectivity index (χ1n) is 6.44. The van der Waals surface area contributed by atoms with Crippen molar-refractivity contribution in [3.05, 3.63) is 29.3 Å². The summed E-state index contributed by atoms with van der Waals surface area (Å²) in [6, 6.07) is 5.87. The van der Waals surface area contributed by atoms with Gasteiger partial charge in [0.15, 0.2) is 5.69 Å². The average Bonchev–Trinajstić information content (AvgIpc) is 2.96. The van der Waals surface area contributed by atoms with Crippen LogP contribution in [-0.2, 0) is 7.05 Å². The van der Waals surface area contributed by atoms with E-state index in [0.29, 0.717) is 18.2 Å². The van der Waals surface area contributed by atoms with E-state index in [0.717, 1.165) is 17.0 Å². The van der Waals surface area contributed by atoms with Gasteiger partial charge in [0.05, 0.1) is 10.6 Å². The molecule has 0 fully saturated rings. The summed E-state index contributed by atoms with van der Waals surface area (Å²) in [5.41, 5.74) is 1.46. The fraction of sp³-hybridized carbons (Fsp3) is 0.429. The fourth-order valence-electron chi connectivity index (χ4n) is 1.80. The SMILES string of the molecule is CC(C)CCNC(=O)c1cc(-c2cccs2)n(C)n1. The van der Waals surface area contributed by atoms with E-state index in [1.807, 2.05) is 30.6 Å². The third kappa shape index (κ3) is 3.44. The second-order valence-electron chi connectivity index (χ2n) is 4.95. The molecule has 0 aliphatic rings.